The number of nitrogens with zero attached hydrogens (tertiary/aromatic N) is 2. The number of aromatic nitrogens is 2. The van der Waals surface area contributed by atoms with Crippen LogP contribution < -0.4 is 11.2 Å². The van der Waals surface area contributed by atoms with Crippen LogP contribution in [-0.2, 0) is 14.1 Å². The summed E-state index contributed by atoms with van der Waals surface area (Å²) in [6.45, 7) is 0. The first-order valence-corrected chi connectivity index (χ1v) is 4.47. The van der Waals surface area contributed by atoms with E-state index < -0.39 is 34.6 Å². The van der Waals surface area contributed by atoms with Crippen LogP contribution in [0.4, 0.5) is 22.0 Å². The molecular weight excluding hydrogens is 263 g/mol. The Labute approximate surface area is 96.6 Å². The molecule has 1 aromatic rings. The van der Waals surface area contributed by atoms with Gasteiger partial charge in [0.25, 0.3) is 5.56 Å². The van der Waals surface area contributed by atoms with Gasteiger partial charge in [0, 0.05) is 20.3 Å². The van der Waals surface area contributed by atoms with Crippen LogP contribution in [0.1, 0.15) is 5.56 Å². The van der Waals surface area contributed by atoms with Crippen molar-refractivity contribution in [3.63, 3.8) is 0 Å². The second-order valence-electron chi connectivity index (χ2n) is 3.43. The Morgan fingerprint density at radius 3 is 2.11 bits per heavy atom. The maximum Gasteiger partial charge on any atom is 0.445 e. The zero-order chi connectivity index (χ0) is 14.2. The molecule has 18 heavy (non-hydrogen) atoms. The summed E-state index contributed by atoms with van der Waals surface area (Å²) in [4.78, 5) is 22.6. The van der Waals surface area contributed by atoms with E-state index in [0.717, 1.165) is 14.1 Å². The van der Waals surface area contributed by atoms with Crippen molar-refractivity contribution in [1.29, 1.82) is 0 Å². The van der Waals surface area contributed by atoms with Crippen molar-refractivity contribution in [3.8, 4) is 0 Å². The molecular formula is C9H7F5N2O2. The van der Waals surface area contributed by atoms with Crippen LogP contribution >= 0.6 is 0 Å². The molecule has 0 aliphatic rings. The lowest BCUT2D eigenvalue weighted by molar-refractivity contribution is -0.108. The maximum atomic E-state index is 13.2. The average molecular weight is 270 g/mol. The molecule has 0 N–H and O–H groups in total. The van der Waals surface area contributed by atoms with Gasteiger partial charge >= 0.3 is 11.9 Å². The van der Waals surface area contributed by atoms with Gasteiger partial charge in [-0.2, -0.15) is 17.6 Å². The highest BCUT2D eigenvalue weighted by Gasteiger charge is 2.39. The van der Waals surface area contributed by atoms with Crippen LogP contribution in [0.15, 0.2) is 21.6 Å². The minimum atomic E-state index is -5.54. The van der Waals surface area contributed by atoms with Gasteiger partial charge in [-0.15, -0.1) is 0 Å². The molecule has 0 atom stereocenters. The standard InChI is InChI=1S/C9H7F5N2O2/c1-15-3-4(7(17)16(2)8(15)18)5(10)6(11)9(12,13)14/h3H,1-2H3/b6-5+. The number of rotatable bonds is 1. The molecule has 0 aliphatic heterocycles. The third kappa shape index (κ3) is 2.34. The van der Waals surface area contributed by atoms with E-state index in [2.05, 4.69) is 0 Å². The first kappa shape index (κ1) is 14.1. The molecule has 4 nitrogen and oxygen atoms in total. The highest BCUT2D eigenvalue weighted by Crippen LogP contribution is 2.32. The molecule has 1 heterocycles. The Morgan fingerprint density at radius 2 is 1.67 bits per heavy atom. The number of hydrogen-bond donors (Lipinski definition) is 0. The Balaban J connectivity index is 3.65. The summed E-state index contributed by atoms with van der Waals surface area (Å²) in [7, 11) is 2.02. The summed E-state index contributed by atoms with van der Waals surface area (Å²) in [5.41, 5.74) is -3.40. The Bertz CT molecular complexity index is 623. The highest BCUT2D eigenvalue weighted by atomic mass is 19.4. The third-order valence-electron chi connectivity index (χ3n) is 2.12. The van der Waals surface area contributed by atoms with Crippen molar-refractivity contribution in [1.82, 2.24) is 9.13 Å². The molecule has 0 bridgehead atoms. The number of aryl methyl sites for hydroxylation is 1. The smallest absolute Gasteiger partial charge is 0.303 e. The van der Waals surface area contributed by atoms with E-state index in [1.165, 1.54) is 0 Å². The Kier molecular flexibility index (Phi) is 3.45. The first-order valence-electron chi connectivity index (χ1n) is 4.47. The quantitative estimate of drug-likeness (QED) is 0.721. The van der Waals surface area contributed by atoms with Crippen molar-refractivity contribution in [2.24, 2.45) is 14.1 Å². The molecule has 1 rings (SSSR count). The molecule has 0 fully saturated rings. The number of allylic oxidation sites excluding steroid dienone is 1. The molecule has 0 saturated carbocycles. The molecule has 0 radical (unpaired) electrons. The monoisotopic (exact) mass is 270 g/mol. The highest BCUT2D eigenvalue weighted by molar-refractivity contribution is 5.60. The molecule has 0 saturated heterocycles. The van der Waals surface area contributed by atoms with E-state index in [1.807, 2.05) is 0 Å². The molecule has 100 valence electrons. The van der Waals surface area contributed by atoms with Crippen LogP contribution in [0.5, 0.6) is 0 Å². The lowest BCUT2D eigenvalue weighted by atomic mass is 10.2. The van der Waals surface area contributed by atoms with Crippen molar-refractivity contribution in [3.05, 3.63) is 38.4 Å². The average Bonchev–Trinajstić information content (AvgIpc) is 2.28. The number of hydrogen-bond acceptors (Lipinski definition) is 2. The Hall–Kier alpha value is -1.93. The lowest BCUT2D eigenvalue weighted by Crippen LogP contribution is -2.38. The molecule has 9 heteroatoms. The topological polar surface area (TPSA) is 44.0 Å². The SMILES string of the molecule is Cn1cc(/C(F)=C(\F)C(F)(F)F)c(=O)n(C)c1=O. The lowest BCUT2D eigenvalue weighted by Gasteiger charge is -2.07. The van der Waals surface area contributed by atoms with Crippen LogP contribution in [0, 0.1) is 0 Å². The van der Waals surface area contributed by atoms with Gasteiger partial charge in [-0.05, 0) is 0 Å². The predicted octanol–water partition coefficient (Wildman–Crippen LogP) is 1.25. The van der Waals surface area contributed by atoms with Gasteiger partial charge in [-0.25, -0.2) is 9.18 Å². The summed E-state index contributed by atoms with van der Waals surface area (Å²) in [5.74, 6) is -5.36. The molecule has 0 aromatic carbocycles. The van der Waals surface area contributed by atoms with E-state index in [1.54, 1.807) is 0 Å². The second kappa shape index (κ2) is 4.39. The summed E-state index contributed by atoms with van der Waals surface area (Å²) in [6, 6.07) is 0. The van der Waals surface area contributed by atoms with Crippen molar-refractivity contribution >= 4 is 5.83 Å². The van der Waals surface area contributed by atoms with E-state index >= 15 is 0 Å². The summed E-state index contributed by atoms with van der Waals surface area (Å²) in [5, 5.41) is 0. The van der Waals surface area contributed by atoms with Gasteiger partial charge in [0.2, 0.25) is 5.83 Å². The maximum absolute atomic E-state index is 13.2. The summed E-state index contributed by atoms with van der Waals surface area (Å²) < 4.78 is 62.8. The fourth-order valence-corrected chi connectivity index (χ4v) is 1.20. The normalized spacial score (nSPS) is 13.5. The van der Waals surface area contributed by atoms with Gasteiger partial charge in [-0.3, -0.25) is 9.36 Å². The fourth-order valence-electron chi connectivity index (χ4n) is 1.20. The molecule has 0 amide bonds. The van der Waals surface area contributed by atoms with Crippen LogP contribution in [0.25, 0.3) is 5.83 Å². The predicted molar refractivity (Wildman–Crippen MR) is 52.1 cm³/mol. The molecule has 0 aliphatic carbocycles. The van der Waals surface area contributed by atoms with Crippen LogP contribution in [-0.4, -0.2) is 15.3 Å². The molecule has 0 spiro atoms. The molecule has 1 aromatic heterocycles. The fraction of sp³-hybridized carbons (Fsp3) is 0.333. The zero-order valence-corrected chi connectivity index (χ0v) is 9.18. The largest absolute Gasteiger partial charge is 0.445 e. The second-order valence-corrected chi connectivity index (χ2v) is 3.43. The van der Waals surface area contributed by atoms with Gasteiger partial charge in [0.05, 0.1) is 5.56 Å². The van der Waals surface area contributed by atoms with Gasteiger partial charge < -0.3 is 4.57 Å². The van der Waals surface area contributed by atoms with E-state index in [-0.39, 0.29) is 0 Å². The Morgan fingerprint density at radius 1 is 1.17 bits per heavy atom. The van der Waals surface area contributed by atoms with E-state index in [9.17, 15) is 31.5 Å². The minimum absolute atomic E-state index is 0.374. The summed E-state index contributed by atoms with van der Waals surface area (Å²) >= 11 is 0. The van der Waals surface area contributed by atoms with Gasteiger partial charge in [0.15, 0.2) is 5.83 Å². The van der Waals surface area contributed by atoms with E-state index in [0.29, 0.717) is 15.3 Å². The third-order valence-corrected chi connectivity index (χ3v) is 2.12. The number of alkyl halides is 3. The molecule has 0 unspecified atom stereocenters. The first-order chi connectivity index (χ1) is 8.07. The summed E-state index contributed by atoms with van der Waals surface area (Å²) in [6.07, 6.45) is -5.03. The van der Waals surface area contributed by atoms with Crippen molar-refractivity contribution in [2.45, 2.75) is 6.18 Å². The van der Waals surface area contributed by atoms with E-state index in [4.69, 9.17) is 0 Å². The van der Waals surface area contributed by atoms with Crippen molar-refractivity contribution < 1.29 is 22.0 Å². The minimum Gasteiger partial charge on any atom is -0.303 e. The van der Waals surface area contributed by atoms with Crippen molar-refractivity contribution in [2.75, 3.05) is 0 Å². The zero-order valence-electron chi connectivity index (χ0n) is 9.18. The van der Waals surface area contributed by atoms with Gasteiger partial charge in [0.1, 0.15) is 0 Å². The van der Waals surface area contributed by atoms with Crippen LogP contribution in [0.2, 0.25) is 0 Å². The number of halogens is 5. The van der Waals surface area contributed by atoms with Gasteiger partial charge in [-0.1, -0.05) is 0 Å². The van der Waals surface area contributed by atoms with Crippen LogP contribution in [0.3, 0.4) is 0 Å².